The van der Waals surface area contributed by atoms with Crippen molar-refractivity contribution in [3.8, 4) is 0 Å². The van der Waals surface area contributed by atoms with Crippen LogP contribution in [-0.4, -0.2) is 56.2 Å². The number of methoxy groups -OCH3 is 1. The van der Waals surface area contributed by atoms with E-state index in [1.807, 2.05) is 0 Å². The first kappa shape index (κ1) is 15.9. The summed E-state index contributed by atoms with van der Waals surface area (Å²) in [6.45, 7) is 2.64. The molecule has 0 aliphatic carbocycles. The summed E-state index contributed by atoms with van der Waals surface area (Å²) in [5.74, 6) is -2.20. The van der Waals surface area contributed by atoms with Gasteiger partial charge in [-0.1, -0.05) is 0 Å². The Morgan fingerprint density at radius 1 is 1.29 bits per heavy atom. The summed E-state index contributed by atoms with van der Waals surface area (Å²) in [6, 6.07) is 0. The number of aliphatic carboxylic acids is 1. The summed E-state index contributed by atoms with van der Waals surface area (Å²) in [7, 11) is -2.58. The average Bonchev–Trinajstić information content (AvgIpc) is 2.26. The molecule has 100 valence electrons. The minimum absolute atomic E-state index is 0.177. The number of nitrogens with one attached hydrogen (secondary N) is 1. The fourth-order valence-corrected chi connectivity index (χ4v) is 2.29. The quantitative estimate of drug-likeness (QED) is 0.574. The maximum absolute atomic E-state index is 11.7. The second-order valence-electron chi connectivity index (χ2n) is 3.50. The van der Waals surface area contributed by atoms with Gasteiger partial charge in [-0.25, -0.2) is 8.42 Å². The Labute approximate surface area is 100 Å². The molecule has 8 heteroatoms. The predicted molar refractivity (Wildman–Crippen MR) is 60.4 cm³/mol. The number of carbonyl (C=O) groups excluding carboxylic acids is 1. The van der Waals surface area contributed by atoms with Crippen molar-refractivity contribution in [2.45, 2.75) is 24.3 Å². The lowest BCUT2D eigenvalue weighted by Gasteiger charge is -2.15. The standard InChI is InChI=1S/C9H17NO6S/c1-6(8(11)10-4-5-16-3)17(14,15)7(2)9(12)13/h6-7H,4-5H2,1-3H3,(H,10,11)(H,12,13). The maximum Gasteiger partial charge on any atom is 0.321 e. The molecule has 0 heterocycles. The van der Waals surface area contributed by atoms with E-state index in [1.165, 1.54) is 7.11 Å². The smallest absolute Gasteiger partial charge is 0.321 e. The fourth-order valence-electron chi connectivity index (χ4n) is 1.02. The summed E-state index contributed by atoms with van der Waals surface area (Å²) in [6.07, 6.45) is 0. The highest BCUT2D eigenvalue weighted by molar-refractivity contribution is 7.94. The van der Waals surface area contributed by atoms with Gasteiger partial charge in [0.25, 0.3) is 0 Å². The van der Waals surface area contributed by atoms with Gasteiger partial charge < -0.3 is 15.2 Å². The van der Waals surface area contributed by atoms with Gasteiger partial charge in [-0.3, -0.25) is 9.59 Å². The molecule has 0 saturated heterocycles. The molecule has 0 rings (SSSR count). The Hall–Kier alpha value is -1.15. The number of carboxylic acid groups (broad SMARTS) is 1. The van der Waals surface area contributed by atoms with Crippen molar-refractivity contribution in [3.05, 3.63) is 0 Å². The number of sulfone groups is 1. The molecule has 0 radical (unpaired) electrons. The van der Waals surface area contributed by atoms with Crippen LogP contribution in [0.2, 0.25) is 0 Å². The lowest BCUT2D eigenvalue weighted by Crippen LogP contribution is -2.44. The molecular formula is C9H17NO6S. The van der Waals surface area contributed by atoms with Gasteiger partial charge in [-0.2, -0.15) is 0 Å². The highest BCUT2D eigenvalue weighted by Gasteiger charge is 2.36. The summed E-state index contributed by atoms with van der Waals surface area (Å²) >= 11 is 0. The van der Waals surface area contributed by atoms with Gasteiger partial charge in [0.05, 0.1) is 6.61 Å². The molecule has 0 bridgehead atoms. The van der Waals surface area contributed by atoms with E-state index in [4.69, 9.17) is 5.11 Å². The largest absolute Gasteiger partial charge is 0.480 e. The molecule has 0 aliphatic rings. The van der Waals surface area contributed by atoms with E-state index in [2.05, 4.69) is 10.1 Å². The predicted octanol–water partition coefficient (Wildman–Crippen LogP) is -0.975. The third-order valence-corrected chi connectivity index (χ3v) is 4.69. The lowest BCUT2D eigenvalue weighted by atomic mass is 10.4. The van der Waals surface area contributed by atoms with Crippen LogP contribution in [0.4, 0.5) is 0 Å². The van der Waals surface area contributed by atoms with E-state index in [-0.39, 0.29) is 13.2 Å². The van der Waals surface area contributed by atoms with Crippen LogP contribution in [0.25, 0.3) is 0 Å². The summed E-state index contributed by atoms with van der Waals surface area (Å²) in [4.78, 5) is 22.1. The van der Waals surface area contributed by atoms with E-state index in [0.717, 1.165) is 13.8 Å². The van der Waals surface area contributed by atoms with Gasteiger partial charge in [0.1, 0.15) is 5.25 Å². The van der Waals surface area contributed by atoms with E-state index in [0.29, 0.717) is 0 Å². The minimum Gasteiger partial charge on any atom is -0.480 e. The Bertz CT molecular complexity index is 377. The van der Waals surface area contributed by atoms with Crippen LogP contribution in [0.3, 0.4) is 0 Å². The van der Waals surface area contributed by atoms with Crippen LogP contribution in [0.1, 0.15) is 13.8 Å². The molecule has 0 fully saturated rings. The Kier molecular flexibility index (Phi) is 6.11. The van der Waals surface area contributed by atoms with Gasteiger partial charge in [0.2, 0.25) is 5.91 Å². The monoisotopic (exact) mass is 267 g/mol. The number of rotatable bonds is 7. The van der Waals surface area contributed by atoms with Crippen LogP contribution in [0.5, 0.6) is 0 Å². The van der Waals surface area contributed by atoms with Gasteiger partial charge in [0, 0.05) is 13.7 Å². The number of carbonyl (C=O) groups is 2. The highest BCUT2D eigenvalue weighted by atomic mass is 32.2. The number of amides is 1. The summed E-state index contributed by atoms with van der Waals surface area (Å²) < 4.78 is 28.0. The normalized spacial score (nSPS) is 15.0. The SMILES string of the molecule is COCCNC(=O)C(C)S(=O)(=O)C(C)C(=O)O. The van der Waals surface area contributed by atoms with Crippen molar-refractivity contribution in [1.82, 2.24) is 5.32 Å². The molecule has 0 aromatic rings. The summed E-state index contributed by atoms with van der Waals surface area (Å²) in [5, 5.41) is 7.98. The number of ether oxygens (including phenoxy) is 1. The highest BCUT2D eigenvalue weighted by Crippen LogP contribution is 2.09. The number of hydrogen-bond acceptors (Lipinski definition) is 5. The first-order chi connectivity index (χ1) is 7.75. The molecule has 2 unspecified atom stereocenters. The lowest BCUT2D eigenvalue weighted by molar-refractivity contribution is -0.136. The Morgan fingerprint density at radius 3 is 2.24 bits per heavy atom. The zero-order valence-electron chi connectivity index (χ0n) is 9.97. The molecule has 0 aromatic heterocycles. The van der Waals surface area contributed by atoms with E-state index < -0.39 is 32.2 Å². The van der Waals surface area contributed by atoms with Crippen molar-refractivity contribution in [1.29, 1.82) is 0 Å². The molecule has 0 aliphatic heterocycles. The molecular weight excluding hydrogens is 250 g/mol. The molecule has 0 saturated carbocycles. The van der Waals surface area contributed by atoms with Gasteiger partial charge in [-0.15, -0.1) is 0 Å². The molecule has 17 heavy (non-hydrogen) atoms. The Morgan fingerprint density at radius 2 is 1.82 bits per heavy atom. The topological polar surface area (TPSA) is 110 Å². The second kappa shape index (κ2) is 6.55. The number of hydrogen-bond donors (Lipinski definition) is 2. The Balaban J connectivity index is 4.63. The third kappa shape index (κ3) is 4.31. The molecule has 0 spiro atoms. The zero-order valence-corrected chi connectivity index (χ0v) is 10.8. The van der Waals surface area contributed by atoms with Crippen LogP contribution in [0, 0.1) is 0 Å². The maximum atomic E-state index is 11.7. The van der Waals surface area contributed by atoms with Gasteiger partial charge >= 0.3 is 5.97 Å². The van der Waals surface area contributed by atoms with Crippen LogP contribution >= 0.6 is 0 Å². The van der Waals surface area contributed by atoms with Crippen LogP contribution in [0.15, 0.2) is 0 Å². The number of carboxylic acids is 1. The molecule has 1 amide bonds. The zero-order chi connectivity index (χ0) is 13.6. The molecule has 0 aromatic carbocycles. The van der Waals surface area contributed by atoms with Gasteiger partial charge in [0.15, 0.2) is 15.1 Å². The molecule has 2 N–H and O–H groups in total. The van der Waals surface area contributed by atoms with Crippen LogP contribution in [-0.2, 0) is 24.2 Å². The van der Waals surface area contributed by atoms with Gasteiger partial charge in [-0.05, 0) is 13.8 Å². The van der Waals surface area contributed by atoms with Crippen molar-refractivity contribution < 1.29 is 27.9 Å². The summed E-state index contributed by atoms with van der Waals surface area (Å²) in [5.41, 5.74) is 0. The fraction of sp³-hybridized carbons (Fsp3) is 0.778. The molecule has 2 atom stereocenters. The van der Waals surface area contributed by atoms with Crippen molar-refractivity contribution >= 4 is 21.7 Å². The average molecular weight is 267 g/mol. The first-order valence-corrected chi connectivity index (χ1v) is 6.58. The van der Waals surface area contributed by atoms with E-state index in [1.54, 1.807) is 0 Å². The minimum atomic E-state index is -4.03. The van der Waals surface area contributed by atoms with E-state index >= 15 is 0 Å². The van der Waals surface area contributed by atoms with E-state index in [9.17, 15) is 18.0 Å². The van der Waals surface area contributed by atoms with Crippen molar-refractivity contribution in [2.75, 3.05) is 20.3 Å². The first-order valence-electron chi connectivity index (χ1n) is 4.97. The third-order valence-electron chi connectivity index (χ3n) is 2.31. The second-order valence-corrected chi connectivity index (χ2v) is 6.09. The van der Waals surface area contributed by atoms with Crippen LogP contribution < -0.4 is 5.32 Å². The van der Waals surface area contributed by atoms with Crippen molar-refractivity contribution in [3.63, 3.8) is 0 Å². The molecule has 7 nitrogen and oxygen atoms in total. The van der Waals surface area contributed by atoms with Crippen molar-refractivity contribution in [2.24, 2.45) is 0 Å².